The highest BCUT2D eigenvalue weighted by Gasteiger charge is 2.29. The van der Waals surface area contributed by atoms with Crippen molar-refractivity contribution in [2.45, 2.75) is 25.1 Å². The maximum absolute atomic E-state index is 12.2. The lowest BCUT2D eigenvalue weighted by Crippen LogP contribution is -2.37. The van der Waals surface area contributed by atoms with Crippen LogP contribution in [0.2, 0.25) is 5.02 Å². The zero-order valence-corrected chi connectivity index (χ0v) is 12.9. The van der Waals surface area contributed by atoms with Gasteiger partial charge in [0.15, 0.2) is 0 Å². The molecular formula is C12H17Cl2NO2S. The van der Waals surface area contributed by atoms with Crippen LogP contribution in [0.5, 0.6) is 0 Å². The third kappa shape index (κ3) is 3.38. The molecule has 0 spiro atoms. The summed E-state index contributed by atoms with van der Waals surface area (Å²) >= 11 is 11.5. The molecule has 0 saturated carbocycles. The molecule has 102 valence electrons. The Labute approximate surface area is 119 Å². The Morgan fingerprint density at radius 3 is 2.44 bits per heavy atom. The molecule has 0 aliphatic heterocycles. The van der Waals surface area contributed by atoms with Crippen molar-refractivity contribution in [1.82, 2.24) is 4.31 Å². The van der Waals surface area contributed by atoms with Crippen molar-refractivity contribution in [1.29, 1.82) is 0 Å². The minimum absolute atomic E-state index is 0.0783. The Hall–Kier alpha value is -0.290. The van der Waals surface area contributed by atoms with E-state index in [0.29, 0.717) is 5.02 Å². The van der Waals surface area contributed by atoms with Gasteiger partial charge in [0.2, 0.25) is 10.0 Å². The van der Waals surface area contributed by atoms with Gasteiger partial charge in [-0.15, -0.1) is 11.6 Å². The fourth-order valence-corrected chi connectivity index (χ4v) is 3.53. The number of rotatable bonds is 5. The Morgan fingerprint density at radius 2 is 1.94 bits per heavy atom. The van der Waals surface area contributed by atoms with Gasteiger partial charge >= 0.3 is 0 Å². The molecule has 0 bridgehead atoms. The van der Waals surface area contributed by atoms with Gasteiger partial charge in [0.05, 0.1) is 5.25 Å². The number of halogens is 2. The van der Waals surface area contributed by atoms with Crippen LogP contribution in [0.15, 0.2) is 24.3 Å². The van der Waals surface area contributed by atoms with Gasteiger partial charge < -0.3 is 0 Å². The first-order valence-corrected chi connectivity index (χ1v) is 8.00. The Kier molecular flexibility index (Phi) is 5.46. The summed E-state index contributed by atoms with van der Waals surface area (Å²) in [6.07, 6.45) is 0. The largest absolute Gasteiger partial charge is 0.218 e. The number of hydrogen-bond donors (Lipinski definition) is 0. The average molecular weight is 310 g/mol. The molecule has 0 N–H and O–H groups in total. The summed E-state index contributed by atoms with van der Waals surface area (Å²) in [5, 5.41) is -0.0126. The normalized spacial score (nSPS) is 15.7. The lowest BCUT2D eigenvalue weighted by Gasteiger charge is -2.27. The maximum Gasteiger partial charge on any atom is 0.218 e. The lowest BCUT2D eigenvalue weighted by molar-refractivity contribution is 0.394. The van der Waals surface area contributed by atoms with Gasteiger partial charge in [-0.2, -0.15) is 4.31 Å². The molecule has 0 fully saturated rings. The van der Waals surface area contributed by atoms with E-state index in [1.807, 2.05) is 13.0 Å². The van der Waals surface area contributed by atoms with E-state index >= 15 is 0 Å². The second kappa shape index (κ2) is 6.24. The van der Waals surface area contributed by atoms with Gasteiger partial charge in [0.25, 0.3) is 0 Å². The van der Waals surface area contributed by atoms with Gasteiger partial charge in [-0.1, -0.05) is 23.7 Å². The summed E-state index contributed by atoms with van der Waals surface area (Å²) < 4.78 is 25.7. The SMILES string of the molecule is CC(c1cccc(Cl)c1)N(C)S(=O)(=O)C(C)CCl. The summed E-state index contributed by atoms with van der Waals surface area (Å²) in [4.78, 5) is 0. The highest BCUT2D eigenvalue weighted by Crippen LogP contribution is 2.25. The van der Waals surface area contributed by atoms with E-state index in [4.69, 9.17) is 23.2 Å². The van der Waals surface area contributed by atoms with Gasteiger partial charge in [0, 0.05) is 24.0 Å². The number of sulfonamides is 1. The van der Waals surface area contributed by atoms with E-state index in [1.165, 1.54) is 4.31 Å². The van der Waals surface area contributed by atoms with Crippen molar-refractivity contribution >= 4 is 33.2 Å². The smallest absolute Gasteiger partial charge is 0.212 e. The average Bonchev–Trinajstić information content (AvgIpc) is 2.35. The topological polar surface area (TPSA) is 37.4 Å². The molecule has 0 aliphatic rings. The summed E-state index contributed by atoms with van der Waals surface area (Å²) in [7, 11) is -1.83. The third-order valence-corrected chi connectivity index (χ3v) is 6.19. The first-order valence-electron chi connectivity index (χ1n) is 5.59. The molecule has 0 radical (unpaired) electrons. The fourth-order valence-electron chi connectivity index (χ4n) is 1.56. The van der Waals surface area contributed by atoms with Crippen LogP contribution in [-0.2, 0) is 10.0 Å². The van der Waals surface area contributed by atoms with E-state index in [1.54, 1.807) is 32.2 Å². The monoisotopic (exact) mass is 309 g/mol. The van der Waals surface area contributed by atoms with E-state index in [9.17, 15) is 8.42 Å². The van der Waals surface area contributed by atoms with E-state index in [0.717, 1.165) is 5.56 Å². The molecule has 0 saturated heterocycles. The van der Waals surface area contributed by atoms with Crippen LogP contribution in [0.25, 0.3) is 0 Å². The van der Waals surface area contributed by atoms with Gasteiger partial charge in [-0.05, 0) is 31.5 Å². The Morgan fingerprint density at radius 1 is 1.33 bits per heavy atom. The summed E-state index contributed by atoms with van der Waals surface area (Å²) in [6.45, 7) is 3.42. The van der Waals surface area contributed by atoms with Crippen molar-refractivity contribution in [3.63, 3.8) is 0 Å². The third-order valence-electron chi connectivity index (χ3n) is 3.00. The predicted octanol–water partition coefficient (Wildman–Crippen LogP) is 3.29. The Balaban J connectivity index is 3.01. The zero-order valence-electron chi connectivity index (χ0n) is 10.6. The van der Waals surface area contributed by atoms with E-state index < -0.39 is 15.3 Å². The second-order valence-corrected chi connectivity index (χ2v) is 7.41. The number of alkyl halides is 1. The van der Waals surface area contributed by atoms with E-state index in [2.05, 4.69) is 0 Å². The van der Waals surface area contributed by atoms with Crippen LogP contribution in [0.1, 0.15) is 25.5 Å². The highest BCUT2D eigenvalue weighted by molar-refractivity contribution is 7.89. The lowest BCUT2D eigenvalue weighted by atomic mass is 10.1. The van der Waals surface area contributed by atoms with Gasteiger partial charge in [-0.3, -0.25) is 0 Å². The summed E-state index contributed by atoms with van der Waals surface area (Å²) in [5.41, 5.74) is 0.857. The van der Waals surface area contributed by atoms with Crippen LogP contribution < -0.4 is 0 Å². The predicted molar refractivity (Wildman–Crippen MR) is 76.7 cm³/mol. The number of nitrogens with zero attached hydrogens (tertiary/aromatic N) is 1. The van der Waals surface area contributed by atoms with Gasteiger partial charge in [-0.25, -0.2) is 8.42 Å². The maximum atomic E-state index is 12.2. The van der Waals surface area contributed by atoms with Crippen LogP contribution in [0.4, 0.5) is 0 Å². The first kappa shape index (κ1) is 15.8. The molecule has 1 aromatic rings. The van der Waals surface area contributed by atoms with Crippen LogP contribution in [-0.4, -0.2) is 30.9 Å². The molecule has 3 nitrogen and oxygen atoms in total. The molecule has 0 heterocycles. The molecule has 1 rings (SSSR count). The zero-order chi connectivity index (χ0) is 13.9. The minimum Gasteiger partial charge on any atom is -0.212 e. The van der Waals surface area contributed by atoms with E-state index in [-0.39, 0.29) is 11.9 Å². The minimum atomic E-state index is -3.39. The standard InChI is InChI=1S/C12H17Cl2NO2S/c1-9(8-13)18(16,17)15(3)10(2)11-5-4-6-12(14)7-11/h4-7,9-10H,8H2,1-3H3. The van der Waals surface area contributed by atoms with Crippen molar-refractivity contribution in [2.24, 2.45) is 0 Å². The summed E-state index contributed by atoms with van der Waals surface area (Å²) in [5.74, 6) is 0.0783. The molecule has 1 aromatic carbocycles. The molecule has 2 unspecified atom stereocenters. The number of benzene rings is 1. The molecule has 0 aromatic heterocycles. The molecule has 2 atom stereocenters. The van der Waals surface area contributed by atoms with Crippen molar-refractivity contribution < 1.29 is 8.42 Å². The molecule has 0 aliphatic carbocycles. The van der Waals surface area contributed by atoms with Crippen LogP contribution >= 0.6 is 23.2 Å². The van der Waals surface area contributed by atoms with Crippen LogP contribution in [0, 0.1) is 0 Å². The molecular weight excluding hydrogens is 293 g/mol. The van der Waals surface area contributed by atoms with Crippen molar-refractivity contribution in [3.8, 4) is 0 Å². The highest BCUT2D eigenvalue weighted by atomic mass is 35.5. The first-order chi connectivity index (χ1) is 8.30. The van der Waals surface area contributed by atoms with Crippen molar-refractivity contribution in [2.75, 3.05) is 12.9 Å². The Bertz CT molecular complexity index is 505. The molecule has 0 amide bonds. The second-order valence-electron chi connectivity index (χ2n) is 4.26. The van der Waals surface area contributed by atoms with Crippen LogP contribution in [0.3, 0.4) is 0 Å². The fraction of sp³-hybridized carbons (Fsp3) is 0.500. The summed E-state index contributed by atoms with van der Waals surface area (Å²) in [6, 6.07) is 6.91. The molecule has 6 heteroatoms. The van der Waals surface area contributed by atoms with Gasteiger partial charge in [0.1, 0.15) is 0 Å². The van der Waals surface area contributed by atoms with Crippen molar-refractivity contribution in [3.05, 3.63) is 34.9 Å². The number of hydrogen-bond acceptors (Lipinski definition) is 2. The molecule has 18 heavy (non-hydrogen) atoms. The quantitative estimate of drug-likeness (QED) is 0.783.